The van der Waals surface area contributed by atoms with Gasteiger partial charge >= 0.3 is 0 Å². The lowest BCUT2D eigenvalue weighted by Gasteiger charge is -2.35. The van der Waals surface area contributed by atoms with Crippen LogP contribution in [0.5, 0.6) is 0 Å². The fourth-order valence-corrected chi connectivity index (χ4v) is 7.21. The lowest BCUT2D eigenvalue weighted by atomic mass is 10.2. The maximum Gasteiger partial charge on any atom is 0.252 e. The third-order valence-electron chi connectivity index (χ3n) is 4.95. The first-order chi connectivity index (χ1) is 13.4. The van der Waals surface area contributed by atoms with Gasteiger partial charge in [-0.1, -0.05) is 18.2 Å². The van der Waals surface area contributed by atoms with Gasteiger partial charge in [0.25, 0.3) is 10.0 Å². The molecule has 0 aliphatic carbocycles. The maximum absolute atomic E-state index is 12.8. The quantitative estimate of drug-likeness (QED) is 0.569. The van der Waals surface area contributed by atoms with Gasteiger partial charge in [-0.3, -0.25) is 0 Å². The highest BCUT2D eigenvalue weighted by atomic mass is 79.9. The minimum Gasteiger partial charge on any atom is -0.366 e. The van der Waals surface area contributed by atoms with E-state index in [1.165, 1.54) is 11.3 Å². The number of para-hydroxylation sites is 1. The monoisotopic (exact) mass is 480 g/mol. The number of thiophene rings is 1. The Balaban J connectivity index is 1.54. The maximum atomic E-state index is 12.8. The number of benzene rings is 1. The van der Waals surface area contributed by atoms with Gasteiger partial charge in [0.05, 0.1) is 26.5 Å². The lowest BCUT2D eigenvalue weighted by molar-refractivity contribution is 0.385. The molecule has 3 heterocycles. The van der Waals surface area contributed by atoms with E-state index >= 15 is 0 Å². The highest BCUT2D eigenvalue weighted by Crippen LogP contribution is 2.31. The zero-order valence-corrected chi connectivity index (χ0v) is 18.9. The molecule has 1 aliphatic rings. The van der Waals surface area contributed by atoms with E-state index < -0.39 is 10.0 Å². The minimum atomic E-state index is -3.43. The molecule has 1 fully saturated rings. The van der Waals surface area contributed by atoms with Crippen molar-refractivity contribution < 1.29 is 8.42 Å². The van der Waals surface area contributed by atoms with Crippen LogP contribution >= 0.6 is 27.3 Å². The average Bonchev–Trinajstić information content (AvgIpc) is 3.26. The molecule has 9 heteroatoms. The van der Waals surface area contributed by atoms with E-state index in [2.05, 4.69) is 27.8 Å². The number of halogens is 1. The highest BCUT2D eigenvalue weighted by Gasteiger charge is 2.31. The van der Waals surface area contributed by atoms with Crippen molar-refractivity contribution in [3.8, 4) is 5.69 Å². The number of rotatable bonds is 4. The van der Waals surface area contributed by atoms with Gasteiger partial charge < -0.3 is 4.90 Å². The first-order valence-corrected chi connectivity index (χ1v) is 12.0. The molecule has 0 amide bonds. The summed E-state index contributed by atoms with van der Waals surface area (Å²) in [6.45, 7) is 6.30. The lowest BCUT2D eigenvalue weighted by Crippen LogP contribution is -2.48. The smallest absolute Gasteiger partial charge is 0.252 e. The Morgan fingerprint density at radius 1 is 1.00 bits per heavy atom. The Morgan fingerprint density at radius 2 is 1.68 bits per heavy atom. The second-order valence-corrected chi connectivity index (χ2v) is 11.3. The second kappa shape index (κ2) is 7.62. The van der Waals surface area contributed by atoms with E-state index in [1.807, 2.05) is 41.9 Å². The second-order valence-electron chi connectivity index (χ2n) is 6.72. The van der Waals surface area contributed by atoms with Crippen molar-refractivity contribution >= 4 is 43.0 Å². The molecule has 1 saturated heterocycles. The standard InChI is InChI=1S/C19H21BrN4O2S2/c1-14-19(15(2)24(21-14)16-6-4-3-5-7-16)22-10-12-23(13-11-22)28(25,26)18-9-8-17(20)27-18/h3-9H,10-13H2,1-2H3. The van der Waals surface area contributed by atoms with E-state index in [9.17, 15) is 8.42 Å². The Labute approximate surface area is 177 Å². The SMILES string of the molecule is Cc1nn(-c2ccccc2)c(C)c1N1CCN(S(=O)(=O)c2ccc(Br)s2)CC1. The third kappa shape index (κ3) is 3.52. The summed E-state index contributed by atoms with van der Waals surface area (Å²) in [6, 6.07) is 13.5. The van der Waals surface area contributed by atoms with Crippen LogP contribution in [0.3, 0.4) is 0 Å². The molecule has 0 spiro atoms. The molecule has 6 nitrogen and oxygen atoms in total. The zero-order valence-electron chi connectivity index (χ0n) is 15.7. The summed E-state index contributed by atoms with van der Waals surface area (Å²) in [5, 5.41) is 4.71. The van der Waals surface area contributed by atoms with Crippen molar-refractivity contribution in [1.29, 1.82) is 0 Å². The number of aromatic nitrogens is 2. The van der Waals surface area contributed by atoms with Crippen molar-refractivity contribution in [2.45, 2.75) is 18.1 Å². The predicted octanol–water partition coefficient (Wildman–Crippen LogP) is 3.82. The summed E-state index contributed by atoms with van der Waals surface area (Å²) in [5.74, 6) is 0. The van der Waals surface area contributed by atoms with Crippen LogP contribution in [0.25, 0.3) is 5.69 Å². The molecule has 1 aromatic carbocycles. The Morgan fingerprint density at radius 3 is 2.29 bits per heavy atom. The first kappa shape index (κ1) is 19.6. The van der Waals surface area contributed by atoms with Crippen LogP contribution < -0.4 is 4.90 Å². The van der Waals surface area contributed by atoms with Crippen molar-refractivity contribution in [2.75, 3.05) is 31.1 Å². The molecule has 0 bridgehead atoms. The number of aryl methyl sites for hydroxylation is 1. The van der Waals surface area contributed by atoms with Gasteiger partial charge in [0.1, 0.15) is 4.21 Å². The third-order valence-corrected chi connectivity index (χ3v) is 8.94. The highest BCUT2D eigenvalue weighted by molar-refractivity contribution is 9.11. The fourth-order valence-electron chi connectivity index (χ4n) is 3.63. The van der Waals surface area contributed by atoms with Gasteiger partial charge in [0, 0.05) is 26.2 Å². The topological polar surface area (TPSA) is 58.4 Å². The van der Waals surface area contributed by atoms with Gasteiger partial charge in [-0.05, 0) is 54.0 Å². The molecule has 0 unspecified atom stereocenters. The fraction of sp³-hybridized carbons (Fsp3) is 0.316. The summed E-state index contributed by atoms with van der Waals surface area (Å²) in [5.41, 5.74) is 4.15. The molecule has 148 valence electrons. The minimum absolute atomic E-state index is 0.386. The van der Waals surface area contributed by atoms with Gasteiger partial charge in [-0.15, -0.1) is 11.3 Å². The van der Waals surface area contributed by atoms with Crippen LogP contribution in [0, 0.1) is 13.8 Å². The van der Waals surface area contributed by atoms with E-state index in [-0.39, 0.29) is 0 Å². The molecule has 0 saturated carbocycles. The van der Waals surface area contributed by atoms with Crippen molar-refractivity contribution in [1.82, 2.24) is 14.1 Å². The number of hydrogen-bond donors (Lipinski definition) is 0. The van der Waals surface area contributed by atoms with E-state index in [0.717, 1.165) is 26.5 Å². The van der Waals surface area contributed by atoms with Crippen LogP contribution in [-0.4, -0.2) is 48.7 Å². The summed E-state index contributed by atoms with van der Waals surface area (Å²) in [6.07, 6.45) is 0. The molecule has 2 aromatic heterocycles. The number of anilines is 1. The van der Waals surface area contributed by atoms with Gasteiger partial charge in [0.15, 0.2) is 0 Å². The van der Waals surface area contributed by atoms with Crippen molar-refractivity contribution in [2.24, 2.45) is 0 Å². The number of nitrogens with zero attached hydrogens (tertiary/aromatic N) is 4. The van der Waals surface area contributed by atoms with Crippen molar-refractivity contribution in [3.63, 3.8) is 0 Å². The Kier molecular flexibility index (Phi) is 5.34. The molecule has 0 radical (unpaired) electrons. The zero-order chi connectivity index (χ0) is 19.9. The van der Waals surface area contributed by atoms with E-state index in [0.29, 0.717) is 30.4 Å². The van der Waals surface area contributed by atoms with Crippen LogP contribution in [-0.2, 0) is 10.0 Å². The van der Waals surface area contributed by atoms with Crippen LogP contribution in [0.2, 0.25) is 0 Å². The summed E-state index contributed by atoms with van der Waals surface area (Å²) >= 11 is 4.60. The molecular formula is C19H21BrN4O2S2. The predicted molar refractivity (Wildman–Crippen MR) is 116 cm³/mol. The van der Waals surface area contributed by atoms with Crippen LogP contribution in [0.1, 0.15) is 11.4 Å². The summed E-state index contributed by atoms with van der Waals surface area (Å²) in [7, 11) is -3.43. The van der Waals surface area contributed by atoms with Gasteiger partial charge in [0.2, 0.25) is 0 Å². The summed E-state index contributed by atoms with van der Waals surface area (Å²) < 4.78 is 30.4. The van der Waals surface area contributed by atoms with E-state index in [4.69, 9.17) is 5.10 Å². The molecule has 4 rings (SSSR count). The number of sulfonamides is 1. The molecular weight excluding hydrogens is 460 g/mol. The average molecular weight is 481 g/mol. The number of piperazine rings is 1. The Bertz CT molecular complexity index is 1080. The molecule has 0 atom stereocenters. The number of hydrogen-bond acceptors (Lipinski definition) is 5. The molecule has 0 N–H and O–H groups in total. The van der Waals surface area contributed by atoms with Gasteiger partial charge in [-0.2, -0.15) is 9.40 Å². The molecule has 3 aromatic rings. The van der Waals surface area contributed by atoms with Crippen LogP contribution in [0.4, 0.5) is 5.69 Å². The van der Waals surface area contributed by atoms with E-state index in [1.54, 1.807) is 16.4 Å². The van der Waals surface area contributed by atoms with Crippen molar-refractivity contribution in [3.05, 3.63) is 57.6 Å². The molecule has 28 heavy (non-hydrogen) atoms. The summed E-state index contributed by atoms with van der Waals surface area (Å²) in [4.78, 5) is 2.24. The molecule has 1 aliphatic heterocycles. The first-order valence-electron chi connectivity index (χ1n) is 9.00. The van der Waals surface area contributed by atoms with Gasteiger partial charge in [-0.25, -0.2) is 13.1 Å². The normalized spacial score (nSPS) is 15.9. The Hall–Kier alpha value is -1.68. The largest absolute Gasteiger partial charge is 0.366 e. The van der Waals surface area contributed by atoms with Crippen LogP contribution in [0.15, 0.2) is 50.5 Å².